The Morgan fingerprint density at radius 1 is 0.970 bits per heavy atom. The van der Waals surface area contributed by atoms with Crippen LogP contribution in [0.2, 0.25) is 0 Å². The molecule has 4 aromatic rings. The van der Waals surface area contributed by atoms with Crippen LogP contribution in [0.4, 0.5) is 0 Å². The summed E-state index contributed by atoms with van der Waals surface area (Å²) in [7, 11) is 0. The number of thioether (sulfide) groups is 1. The Morgan fingerprint density at radius 3 is 2.39 bits per heavy atom. The van der Waals surface area contributed by atoms with Crippen molar-refractivity contribution in [1.82, 2.24) is 25.1 Å². The minimum absolute atomic E-state index is 0.0252. The molecule has 6 nitrogen and oxygen atoms in total. The van der Waals surface area contributed by atoms with E-state index in [9.17, 15) is 4.79 Å². The van der Waals surface area contributed by atoms with Gasteiger partial charge in [-0.05, 0) is 37.3 Å². The zero-order valence-corrected chi connectivity index (χ0v) is 20.7. The number of aromatic nitrogens is 4. The average molecular weight is 462 g/mol. The maximum Gasteiger partial charge on any atom is 0.230 e. The molecule has 7 heteroatoms. The molecule has 0 saturated heterocycles. The molecule has 0 bridgehead atoms. The van der Waals surface area contributed by atoms with Gasteiger partial charge in [0.05, 0.1) is 11.3 Å². The summed E-state index contributed by atoms with van der Waals surface area (Å²) >= 11 is 1.32. The second-order valence-electron chi connectivity index (χ2n) is 10.3. The molecule has 1 amide bonds. The van der Waals surface area contributed by atoms with Gasteiger partial charge in [0.25, 0.3) is 0 Å². The van der Waals surface area contributed by atoms with Gasteiger partial charge in [-0.15, -0.1) is 10.2 Å². The molecular weight excluding hydrogens is 430 g/mol. The largest absolute Gasteiger partial charge is 0.350 e. The molecule has 0 unspecified atom stereocenters. The molecule has 0 spiro atoms. The van der Waals surface area contributed by atoms with Gasteiger partial charge >= 0.3 is 0 Å². The number of carbonyl (C=O) groups excluding carboxylic acids is 1. The summed E-state index contributed by atoms with van der Waals surface area (Å²) in [5.41, 5.74) is 3.68. The van der Waals surface area contributed by atoms with Crippen LogP contribution in [0, 0.1) is 5.41 Å². The topological polar surface area (TPSA) is 72.7 Å². The monoisotopic (exact) mass is 461 g/mol. The minimum atomic E-state index is -0.277. The maximum atomic E-state index is 12.6. The van der Waals surface area contributed by atoms with Crippen LogP contribution in [0.5, 0.6) is 0 Å². The molecule has 0 aliphatic rings. The van der Waals surface area contributed by atoms with Gasteiger partial charge < -0.3 is 9.88 Å². The van der Waals surface area contributed by atoms with E-state index in [0.29, 0.717) is 11.7 Å². The normalized spacial score (nSPS) is 12.4. The van der Waals surface area contributed by atoms with E-state index in [1.54, 1.807) is 0 Å². The molecular formula is C26H31N5OS. The number of fused-ring (bicyclic) bond motifs is 3. The van der Waals surface area contributed by atoms with E-state index < -0.39 is 0 Å². The number of hydrogen-bond donors (Lipinski definition) is 1. The van der Waals surface area contributed by atoms with Crippen LogP contribution in [-0.4, -0.2) is 36.9 Å². The standard InChI is InChI=1S/C26H31N5OS/c1-25(2,3)17-26(4,5)28-21(32)16-33-24-27-23-22(29-30-24)19-13-9-10-14-20(19)31(23)15-18-11-7-6-8-12-18/h6-14H,15-17H2,1-5H3,(H,28,32). The highest BCUT2D eigenvalue weighted by molar-refractivity contribution is 7.99. The Bertz CT molecular complexity index is 1270. The first-order valence-corrected chi connectivity index (χ1v) is 12.2. The quantitative estimate of drug-likeness (QED) is 0.371. The molecule has 0 fully saturated rings. The Balaban J connectivity index is 1.57. The molecule has 33 heavy (non-hydrogen) atoms. The predicted octanol–water partition coefficient (Wildman–Crippen LogP) is 5.45. The first-order chi connectivity index (χ1) is 15.6. The van der Waals surface area contributed by atoms with Crippen LogP contribution in [0.25, 0.3) is 22.1 Å². The summed E-state index contributed by atoms with van der Waals surface area (Å²) in [5, 5.41) is 13.5. The van der Waals surface area contributed by atoms with Gasteiger partial charge in [0.15, 0.2) is 5.65 Å². The first kappa shape index (κ1) is 23.2. The molecule has 0 aliphatic carbocycles. The lowest BCUT2D eigenvalue weighted by molar-refractivity contribution is -0.120. The van der Waals surface area contributed by atoms with Crippen LogP contribution in [0.15, 0.2) is 59.8 Å². The summed E-state index contributed by atoms with van der Waals surface area (Å²) in [6.07, 6.45) is 0.889. The van der Waals surface area contributed by atoms with Gasteiger partial charge in [-0.1, -0.05) is 81.1 Å². The van der Waals surface area contributed by atoms with Crippen molar-refractivity contribution in [2.75, 3.05) is 5.75 Å². The fourth-order valence-electron chi connectivity index (χ4n) is 4.59. The summed E-state index contributed by atoms with van der Waals surface area (Å²) in [6, 6.07) is 18.5. The number of carbonyl (C=O) groups is 1. The molecule has 2 aromatic carbocycles. The van der Waals surface area contributed by atoms with Crippen molar-refractivity contribution in [3.8, 4) is 0 Å². The molecule has 0 aliphatic heterocycles. The van der Waals surface area contributed by atoms with Crippen LogP contribution in [0.1, 0.15) is 46.6 Å². The molecule has 2 heterocycles. The second kappa shape index (κ2) is 9.14. The molecule has 0 saturated carbocycles. The van der Waals surface area contributed by atoms with E-state index in [-0.39, 0.29) is 22.6 Å². The number of benzene rings is 2. The fraction of sp³-hybridized carbons (Fsp3) is 0.385. The third-order valence-electron chi connectivity index (χ3n) is 5.32. The van der Waals surface area contributed by atoms with Crippen LogP contribution in [0.3, 0.4) is 0 Å². The van der Waals surface area contributed by atoms with E-state index in [0.717, 1.165) is 28.5 Å². The van der Waals surface area contributed by atoms with E-state index in [4.69, 9.17) is 4.98 Å². The SMILES string of the molecule is CC(C)(C)CC(C)(C)NC(=O)CSc1nnc2c3ccccc3n(Cc3ccccc3)c2n1. The molecule has 0 atom stereocenters. The van der Waals surface area contributed by atoms with Crippen molar-refractivity contribution in [3.05, 3.63) is 60.2 Å². The Hall–Kier alpha value is -2.93. The van der Waals surface area contributed by atoms with Crippen molar-refractivity contribution in [3.63, 3.8) is 0 Å². The third-order valence-corrected chi connectivity index (χ3v) is 6.16. The first-order valence-electron chi connectivity index (χ1n) is 11.2. The number of nitrogens with zero attached hydrogens (tertiary/aromatic N) is 4. The highest BCUT2D eigenvalue weighted by Gasteiger charge is 2.27. The molecule has 4 rings (SSSR count). The van der Waals surface area contributed by atoms with Crippen LogP contribution < -0.4 is 5.32 Å². The lowest BCUT2D eigenvalue weighted by atomic mass is 9.82. The molecule has 1 N–H and O–H groups in total. The van der Waals surface area contributed by atoms with E-state index in [1.165, 1.54) is 17.3 Å². The third kappa shape index (κ3) is 5.71. The summed E-state index contributed by atoms with van der Waals surface area (Å²) < 4.78 is 2.17. The Morgan fingerprint density at radius 2 is 1.67 bits per heavy atom. The number of nitrogens with one attached hydrogen (secondary N) is 1. The zero-order valence-electron chi connectivity index (χ0n) is 19.9. The van der Waals surface area contributed by atoms with Crippen molar-refractivity contribution in [2.24, 2.45) is 5.41 Å². The predicted molar refractivity (Wildman–Crippen MR) is 135 cm³/mol. The summed E-state index contributed by atoms with van der Waals surface area (Å²) in [5.74, 6) is 0.224. The number of para-hydroxylation sites is 1. The zero-order chi connectivity index (χ0) is 23.6. The lowest BCUT2D eigenvalue weighted by Crippen LogP contribution is -2.46. The maximum absolute atomic E-state index is 12.6. The fourth-order valence-corrected chi connectivity index (χ4v) is 5.17. The van der Waals surface area contributed by atoms with Gasteiger partial charge in [-0.3, -0.25) is 4.79 Å². The molecule has 0 radical (unpaired) electrons. The van der Waals surface area contributed by atoms with Crippen molar-refractivity contribution in [2.45, 2.75) is 58.3 Å². The number of hydrogen-bond acceptors (Lipinski definition) is 5. The van der Waals surface area contributed by atoms with Crippen molar-refractivity contribution >= 4 is 39.7 Å². The van der Waals surface area contributed by atoms with E-state index in [1.807, 2.05) is 36.4 Å². The van der Waals surface area contributed by atoms with Gasteiger partial charge in [0.1, 0.15) is 5.52 Å². The summed E-state index contributed by atoms with van der Waals surface area (Å²) in [6.45, 7) is 11.4. The Labute approximate surface area is 199 Å². The van der Waals surface area contributed by atoms with Crippen LogP contribution in [-0.2, 0) is 11.3 Å². The van der Waals surface area contributed by atoms with Gasteiger partial charge in [0.2, 0.25) is 11.1 Å². The number of rotatable bonds is 7. The van der Waals surface area contributed by atoms with E-state index >= 15 is 0 Å². The highest BCUT2D eigenvalue weighted by Crippen LogP contribution is 2.29. The van der Waals surface area contributed by atoms with Gasteiger partial charge in [-0.25, -0.2) is 4.98 Å². The minimum Gasteiger partial charge on any atom is -0.350 e. The lowest BCUT2D eigenvalue weighted by Gasteiger charge is -2.33. The van der Waals surface area contributed by atoms with Gasteiger partial charge in [-0.2, -0.15) is 0 Å². The van der Waals surface area contributed by atoms with Crippen LogP contribution >= 0.6 is 11.8 Å². The highest BCUT2D eigenvalue weighted by atomic mass is 32.2. The van der Waals surface area contributed by atoms with Gasteiger partial charge in [0, 0.05) is 17.5 Å². The molecule has 2 aromatic heterocycles. The average Bonchev–Trinajstić information content (AvgIpc) is 3.04. The second-order valence-corrected chi connectivity index (χ2v) is 11.3. The smallest absolute Gasteiger partial charge is 0.230 e. The summed E-state index contributed by atoms with van der Waals surface area (Å²) in [4.78, 5) is 17.4. The Kier molecular flexibility index (Phi) is 6.43. The van der Waals surface area contributed by atoms with Crippen molar-refractivity contribution < 1.29 is 4.79 Å². The number of amides is 1. The van der Waals surface area contributed by atoms with Crippen molar-refractivity contribution in [1.29, 1.82) is 0 Å². The molecule has 172 valence electrons. The van der Waals surface area contributed by atoms with E-state index in [2.05, 4.69) is 72.9 Å².